The Labute approximate surface area is 137 Å². The number of hydrogen-bond donors (Lipinski definition) is 1. The lowest BCUT2D eigenvalue weighted by atomic mass is 10.1. The molecule has 0 saturated carbocycles. The Morgan fingerprint density at radius 1 is 1.17 bits per heavy atom. The fraction of sp³-hybridized carbons (Fsp3) is 0.421. The average Bonchev–Trinajstić information content (AvgIpc) is 3.11. The number of hydrogen-bond acceptors (Lipinski definition) is 3. The quantitative estimate of drug-likeness (QED) is 0.942. The van der Waals surface area contributed by atoms with Crippen LogP contribution in [0.5, 0.6) is 0 Å². The Kier molecular flexibility index (Phi) is 4.82. The first kappa shape index (κ1) is 15.8. The SMILES string of the molecule is CCc1ccc(-c2ccc(C(=O)N3CCC(NC)CC3)o2)cc1. The third-order valence-electron chi connectivity index (χ3n) is 4.65. The van der Waals surface area contributed by atoms with Crippen molar-refractivity contribution in [2.45, 2.75) is 32.2 Å². The number of furan rings is 1. The average molecular weight is 312 g/mol. The normalized spacial score (nSPS) is 15.8. The number of aryl methyl sites for hydroxylation is 1. The Balaban J connectivity index is 1.69. The Morgan fingerprint density at radius 3 is 2.48 bits per heavy atom. The summed E-state index contributed by atoms with van der Waals surface area (Å²) in [6.45, 7) is 3.70. The van der Waals surface area contributed by atoms with Crippen LogP contribution >= 0.6 is 0 Å². The molecule has 1 aliphatic rings. The standard InChI is InChI=1S/C19H24N2O2/c1-3-14-4-6-15(7-5-14)17-8-9-18(23-17)19(22)21-12-10-16(20-2)11-13-21/h4-9,16,20H,3,10-13H2,1-2H3. The van der Waals surface area contributed by atoms with Gasteiger partial charge >= 0.3 is 0 Å². The van der Waals surface area contributed by atoms with Gasteiger partial charge in [0.2, 0.25) is 0 Å². The van der Waals surface area contributed by atoms with Crippen molar-refractivity contribution in [3.05, 3.63) is 47.7 Å². The van der Waals surface area contributed by atoms with Crippen LogP contribution in [-0.2, 0) is 6.42 Å². The van der Waals surface area contributed by atoms with E-state index in [4.69, 9.17) is 4.42 Å². The molecule has 122 valence electrons. The van der Waals surface area contributed by atoms with E-state index in [0.29, 0.717) is 11.8 Å². The van der Waals surface area contributed by atoms with Crippen molar-refractivity contribution >= 4 is 5.91 Å². The van der Waals surface area contributed by atoms with Crippen LogP contribution in [0.4, 0.5) is 0 Å². The highest BCUT2D eigenvalue weighted by molar-refractivity contribution is 5.92. The van der Waals surface area contributed by atoms with Crippen molar-refractivity contribution in [2.24, 2.45) is 0 Å². The van der Waals surface area contributed by atoms with E-state index in [0.717, 1.165) is 43.7 Å². The van der Waals surface area contributed by atoms with Crippen LogP contribution in [-0.4, -0.2) is 37.0 Å². The van der Waals surface area contributed by atoms with Gasteiger partial charge in [-0.1, -0.05) is 31.2 Å². The molecule has 3 rings (SSSR count). The molecule has 1 aromatic carbocycles. The minimum atomic E-state index is -0.00372. The summed E-state index contributed by atoms with van der Waals surface area (Å²) in [5.41, 5.74) is 2.30. The maximum absolute atomic E-state index is 12.6. The second-order valence-electron chi connectivity index (χ2n) is 6.07. The topological polar surface area (TPSA) is 45.5 Å². The van der Waals surface area contributed by atoms with Gasteiger partial charge in [0.05, 0.1) is 0 Å². The molecule has 1 amide bonds. The third-order valence-corrected chi connectivity index (χ3v) is 4.65. The first-order valence-electron chi connectivity index (χ1n) is 8.37. The van der Waals surface area contributed by atoms with E-state index in [9.17, 15) is 4.79 Å². The van der Waals surface area contributed by atoms with Crippen LogP contribution in [0.25, 0.3) is 11.3 Å². The molecule has 1 saturated heterocycles. The van der Waals surface area contributed by atoms with E-state index in [1.165, 1.54) is 5.56 Å². The molecule has 0 bridgehead atoms. The van der Waals surface area contributed by atoms with Crippen molar-refractivity contribution < 1.29 is 9.21 Å². The molecule has 0 atom stereocenters. The minimum absolute atomic E-state index is 0.00372. The number of carbonyl (C=O) groups is 1. The molecule has 1 aliphatic heterocycles. The number of piperidine rings is 1. The summed E-state index contributed by atoms with van der Waals surface area (Å²) < 4.78 is 5.80. The van der Waals surface area contributed by atoms with Crippen LogP contribution in [0.3, 0.4) is 0 Å². The second-order valence-corrected chi connectivity index (χ2v) is 6.07. The number of amides is 1. The van der Waals surface area contributed by atoms with Crippen LogP contribution < -0.4 is 5.32 Å². The molecular weight excluding hydrogens is 288 g/mol. The van der Waals surface area contributed by atoms with Gasteiger partial charge in [0.15, 0.2) is 5.76 Å². The number of rotatable bonds is 4. The smallest absolute Gasteiger partial charge is 0.289 e. The number of carbonyl (C=O) groups excluding carboxylic acids is 1. The fourth-order valence-corrected chi connectivity index (χ4v) is 3.04. The summed E-state index contributed by atoms with van der Waals surface area (Å²) in [6.07, 6.45) is 3.01. The highest BCUT2D eigenvalue weighted by Crippen LogP contribution is 2.24. The van der Waals surface area contributed by atoms with Crippen molar-refractivity contribution in [2.75, 3.05) is 20.1 Å². The van der Waals surface area contributed by atoms with Crippen molar-refractivity contribution in [1.29, 1.82) is 0 Å². The van der Waals surface area contributed by atoms with E-state index < -0.39 is 0 Å². The number of likely N-dealkylation sites (tertiary alicyclic amines) is 1. The van der Waals surface area contributed by atoms with Gasteiger partial charge < -0.3 is 14.6 Å². The van der Waals surface area contributed by atoms with Gasteiger partial charge in [-0.3, -0.25) is 4.79 Å². The first-order valence-corrected chi connectivity index (χ1v) is 8.37. The van der Waals surface area contributed by atoms with Crippen molar-refractivity contribution in [1.82, 2.24) is 10.2 Å². The molecule has 1 N–H and O–H groups in total. The summed E-state index contributed by atoms with van der Waals surface area (Å²) in [5.74, 6) is 1.18. The molecule has 4 heteroatoms. The van der Waals surface area contributed by atoms with Gasteiger partial charge in [0, 0.05) is 24.7 Å². The van der Waals surface area contributed by atoms with E-state index >= 15 is 0 Å². The van der Waals surface area contributed by atoms with Gasteiger partial charge in [0.1, 0.15) is 5.76 Å². The van der Waals surface area contributed by atoms with Gasteiger partial charge in [-0.05, 0) is 44.0 Å². The third kappa shape index (κ3) is 3.48. The van der Waals surface area contributed by atoms with Crippen molar-refractivity contribution in [3.63, 3.8) is 0 Å². The van der Waals surface area contributed by atoms with Gasteiger partial charge in [0.25, 0.3) is 5.91 Å². The lowest BCUT2D eigenvalue weighted by molar-refractivity contribution is 0.0676. The maximum Gasteiger partial charge on any atom is 0.289 e. The Morgan fingerprint density at radius 2 is 1.87 bits per heavy atom. The van der Waals surface area contributed by atoms with Crippen molar-refractivity contribution in [3.8, 4) is 11.3 Å². The van der Waals surface area contributed by atoms with Crippen LogP contribution in [0.15, 0.2) is 40.8 Å². The highest BCUT2D eigenvalue weighted by Gasteiger charge is 2.24. The fourth-order valence-electron chi connectivity index (χ4n) is 3.04. The van der Waals surface area contributed by atoms with E-state index in [-0.39, 0.29) is 5.91 Å². The zero-order valence-electron chi connectivity index (χ0n) is 13.8. The van der Waals surface area contributed by atoms with Gasteiger partial charge in [-0.25, -0.2) is 0 Å². The zero-order valence-corrected chi connectivity index (χ0v) is 13.8. The maximum atomic E-state index is 12.6. The van der Waals surface area contributed by atoms with E-state index in [2.05, 4.69) is 24.4 Å². The lowest BCUT2D eigenvalue weighted by Gasteiger charge is -2.31. The summed E-state index contributed by atoms with van der Waals surface area (Å²) in [6, 6.07) is 12.5. The lowest BCUT2D eigenvalue weighted by Crippen LogP contribution is -2.43. The minimum Gasteiger partial charge on any atom is -0.451 e. The van der Waals surface area contributed by atoms with Crippen LogP contribution in [0.2, 0.25) is 0 Å². The van der Waals surface area contributed by atoms with E-state index in [1.807, 2.05) is 30.1 Å². The highest BCUT2D eigenvalue weighted by atomic mass is 16.4. The predicted octanol–water partition coefficient (Wildman–Crippen LogP) is 3.33. The summed E-state index contributed by atoms with van der Waals surface area (Å²) in [4.78, 5) is 14.4. The molecule has 0 spiro atoms. The Hall–Kier alpha value is -2.07. The molecule has 4 nitrogen and oxygen atoms in total. The van der Waals surface area contributed by atoms with Crippen LogP contribution in [0.1, 0.15) is 35.9 Å². The molecule has 0 radical (unpaired) electrons. The summed E-state index contributed by atoms with van der Waals surface area (Å²) in [7, 11) is 1.98. The zero-order chi connectivity index (χ0) is 16.2. The first-order chi connectivity index (χ1) is 11.2. The second kappa shape index (κ2) is 7.01. The summed E-state index contributed by atoms with van der Waals surface area (Å²) in [5, 5.41) is 3.28. The molecule has 0 aliphatic carbocycles. The molecule has 23 heavy (non-hydrogen) atoms. The van der Waals surface area contributed by atoms with Crippen LogP contribution in [0, 0.1) is 0 Å². The molecular formula is C19H24N2O2. The number of nitrogens with zero attached hydrogens (tertiary/aromatic N) is 1. The monoisotopic (exact) mass is 312 g/mol. The molecule has 2 aromatic rings. The molecule has 1 aromatic heterocycles. The molecule has 0 unspecified atom stereocenters. The predicted molar refractivity (Wildman–Crippen MR) is 91.5 cm³/mol. The largest absolute Gasteiger partial charge is 0.451 e. The number of benzene rings is 1. The van der Waals surface area contributed by atoms with E-state index in [1.54, 1.807) is 6.07 Å². The number of nitrogens with one attached hydrogen (secondary N) is 1. The molecule has 2 heterocycles. The van der Waals surface area contributed by atoms with Gasteiger partial charge in [-0.15, -0.1) is 0 Å². The molecule has 1 fully saturated rings. The summed E-state index contributed by atoms with van der Waals surface area (Å²) >= 11 is 0. The van der Waals surface area contributed by atoms with Gasteiger partial charge in [-0.2, -0.15) is 0 Å². The Bertz CT molecular complexity index is 652.